The van der Waals surface area contributed by atoms with Gasteiger partial charge in [-0.3, -0.25) is 4.79 Å². The summed E-state index contributed by atoms with van der Waals surface area (Å²) < 4.78 is 0. The van der Waals surface area contributed by atoms with Crippen LogP contribution in [0, 0.1) is 0 Å². The summed E-state index contributed by atoms with van der Waals surface area (Å²) in [4.78, 5) is 19.0. The molecule has 0 aromatic carbocycles. The van der Waals surface area contributed by atoms with Gasteiger partial charge in [0.25, 0.3) is 5.91 Å². The zero-order chi connectivity index (χ0) is 11.6. The molecule has 0 saturated heterocycles. The lowest BCUT2D eigenvalue weighted by molar-refractivity contribution is 0.0996. The Balaban J connectivity index is 2.06. The van der Waals surface area contributed by atoms with Crippen LogP contribution in [-0.2, 0) is 0 Å². The standard InChI is InChI=1S/C10H15N5O/c11-8(16)7-9(14-5-4-13-7)15-6-10(12)2-1-3-10/h4-5H,1-3,6,12H2,(H2,11,16)(H,14,15). The zero-order valence-electron chi connectivity index (χ0n) is 8.94. The lowest BCUT2D eigenvalue weighted by Crippen LogP contribution is -2.52. The largest absolute Gasteiger partial charge is 0.366 e. The smallest absolute Gasteiger partial charge is 0.271 e. The normalized spacial score (nSPS) is 17.6. The number of amides is 1. The first-order valence-electron chi connectivity index (χ1n) is 5.24. The lowest BCUT2D eigenvalue weighted by atomic mass is 9.78. The maximum absolute atomic E-state index is 11.1. The molecular weight excluding hydrogens is 206 g/mol. The van der Waals surface area contributed by atoms with Gasteiger partial charge < -0.3 is 16.8 Å². The van der Waals surface area contributed by atoms with E-state index < -0.39 is 5.91 Å². The molecular formula is C10H15N5O. The van der Waals surface area contributed by atoms with Crippen LogP contribution in [0.5, 0.6) is 0 Å². The van der Waals surface area contributed by atoms with Crippen LogP contribution < -0.4 is 16.8 Å². The van der Waals surface area contributed by atoms with Crippen molar-refractivity contribution in [1.82, 2.24) is 9.97 Å². The van der Waals surface area contributed by atoms with Gasteiger partial charge in [0.2, 0.25) is 0 Å². The summed E-state index contributed by atoms with van der Waals surface area (Å²) in [5.41, 5.74) is 11.2. The summed E-state index contributed by atoms with van der Waals surface area (Å²) in [5.74, 6) is -0.179. The van der Waals surface area contributed by atoms with E-state index in [1.54, 1.807) is 0 Å². The van der Waals surface area contributed by atoms with E-state index in [4.69, 9.17) is 11.5 Å². The molecule has 86 valence electrons. The first-order valence-corrected chi connectivity index (χ1v) is 5.24. The van der Waals surface area contributed by atoms with Gasteiger partial charge in [-0.1, -0.05) is 0 Å². The molecule has 1 aromatic heterocycles. The third-order valence-electron chi connectivity index (χ3n) is 2.89. The van der Waals surface area contributed by atoms with Gasteiger partial charge in [0.1, 0.15) is 0 Å². The first-order chi connectivity index (χ1) is 7.61. The van der Waals surface area contributed by atoms with Gasteiger partial charge in [-0.15, -0.1) is 0 Å². The van der Waals surface area contributed by atoms with Crippen LogP contribution in [0.4, 0.5) is 5.82 Å². The summed E-state index contributed by atoms with van der Waals surface area (Å²) >= 11 is 0. The number of nitrogens with zero attached hydrogens (tertiary/aromatic N) is 2. The predicted octanol–water partition coefficient (Wildman–Crippen LogP) is -0.131. The minimum Gasteiger partial charge on any atom is -0.366 e. The highest BCUT2D eigenvalue weighted by Gasteiger charge is 2.32. The van der Waals surface area contributed by atoms with Crippen molar-refractivity contribution >= 4 is 11.7 Å². The quantitative estimate of drug-likeness (QED) is 0.656. The molecule has 5 N–H and O–H groups in total. The van der Waals surface area contributed by atoms with E-state index in [1.807, 2.05) is 0 Å². The topological polar surface area (TPSA) is 107 Å². The fourth-order valence-electron chi connectivity index (χ4n) is 1.72. The maximum atomic E-state index is 11.1. The molecule has 0 radical (unpaired) electrons. The zero-order valence-corrected chi connectivity index (χ0v) is 8.94. The highest BCUT2D eigenvalue weighted by atomic mass is 16.1. The van der Waals surface area contributed by atoms with E-state index in [0.29, 0.717) is 12.4 Å². The van der Waals surface area contributed by atoms with Crippen molar-refractivity contribution < 1.29 is 4.79 Å². The average molecular weight is 221 g/mol. The number of hydrogen-bond donors (Lipinski definition) is 3. The second-order valence-electron chi connectivity index (χ2n) is 4.19. The predicted molar refractivity (Wildman–Crippen MR) is 59.8 cm³/mol. The highest BCUT2D eigenvalue weighted by Crippen LogP contribution is 2.29. The molecule has 6 nitrogen and oxygen atoms in total. The molecule has 1 amide bonds. The van der Waals surface area contributed by atoms with Gasteiger partial charge in [0.15, 0.2) is 11.5 Å². The molecule has 0 spiro atoms. The van der Waals surface area contributed by atoms with Crippen molar-refractivity contribution in [3.05, 3.63) is 18.1 Å². The molecule has 1 fully saturated rings. The number of hydrogen-bond acceptors (Lipinski definition) is 5. The van der Waals surface area contributed by atoms with Gasteiger partial charge in [0.05, 0.1) is 0 Å². The number of carbonyl (C=O) groups is 1. The molecule has 1 aliphatic rings. The van der Waals surface area contributed by atoms with E-state index in [0.717, 1.165) is 19.3 Å². The van der Waals surface area contributed by atoms with Crippen molar-refractivity contribution in [1.29, 1.82) is 0 Å². The Hall–Kier alpha value is -1.69. The summed E-state index contributed by atoms with van der Waals surface area (Å²) in [7, 11) is 0. The van der Waals surface area contributed by atoms with Gasteiger partial charge in [-0.05, 0) is 19.3 Å². The van der Waals surface area contributed by atoms with E-state index in [9.17, 15) is 4.79 Å². The fourth-order valence-corrected chi connectivity index (χ4v) is 1.72. The van der Waals surface area contributed by atoms with Crippen LogP contribution in [0.1, 0.15) is 29.8 Å². The van der Waals surface area contributed by atoms with E-state index in [1.165, 1.54) is 12.4 Å². The van der Waals surface area contributed by atoms with E-state index in [-0.39, 0.29) is 11.2 Å². The van der Waals surface area contributed by atoms with Crippen molar-refractivity contribution in [2.24, 2.45) is 11.5 Å². The Morgan fingerprint density at radius 3 is 2.69 bits per heavy atom. The Labute approximate surface area is 93.4 Å². The average Bonchev–Trinajstić information content (AvgIpc) is 2.24. The van der Waals surface area contributed by atoms with Crippen molar-refractivity contribution in [2.75, 3.05) is 11.9 Å². The monoisotopic (exact) mass is 221 g/mol. The number of nitrogens with two attached hydrogens (primary N) is 2. The fraction of sp³-hybridized carbons (Fsp3) is 0.500. The Morgan fingerprint density at radius 2 is 2.12 bits per heavy atom. The highest BCUT2D eigenvalue weighted by molar-refractivity contribution is 5.95. The molecule has 0 unspecified atom stereocenters. The van der Waals surface area contributed by atoms with Gasteiger partial charge in [-0.2, -0.15) is 0 Å². The van der Waals surface area contributed by atoms with Crippen molar-refractivity contribution in [3.63, 3.8) is 0 Å². The third kappa shape index (κ3) is 2.11. The van der Waals surface area contributed by atoms with Gasteiger partial charge in [0, 0.05) is 24.5 Å². The molecule has 16 heavy (non-hydrogen) atoms. The van der Waals surface area contributed by atoms with E-state index in [2.05, 4.69) is 15.3 Å². The van der Waals surface area contributed by atoms with Crippen molar-refractivity contribution in [2.45, 2.75) is 24.8 Å². The molecule has 2 rings (SSSR count). The summed E-state index contributed by atoms with van der Waals surface area (Å²) in [6, 6.07) is 0. The second-order valence-corrected chi connectivity index (χ2v) is 4.19. The van der Waals surface area contributed by atoms with Crippen LogP contribution in [-0.4, -0.2) is 28.0 Å². The Morgan fingerprint density at radius 1 is 1.44 bits per heavy atom. The molecule has 1 saturated carbocycles. The number of aromatic nitrogens is 2. The summed E-state index contributed by atoms with van der Waals surface area (Å²) in [6.45, 7) is 0.589. The second kappa shape index (κ2) is 4.05. The number of rotatable bonds is 4. The van der Waals surface area contributed by atoms with E-state index >= 15 is 0 Å². The molecule has 1 aliphatic carbocycles. The number of nitrogens with one attached hydrogen (secondary N) is 1. The number of carbonyl (C=O) groups excluding carboxylic acids is 1. The molecule has 0 atom stereocenters. The van der Waals surface area contributed by atoms with Gasteiger partial charge >= 0.3 is 0 Å². The molecule has 6 heteroatoms. The van der Waals surface area contributed by atoms with Crippen LogP contribution in [0.3, 0.4) is 0 Å². The first kappa shape index (κ1) is 10.8. The van der Waals surface area contributed by atoms with Crippen LogP contribution in [0.25, 0.3) is 0 Å². The Kier molecular flexibility index (Phi) is 2.74. The molecule has 1 heterocycles. The van der Waals surface area contributed by atoms with Gasteiger partial charge in [-0.25, -0.2) is 9.97 Å². The van der Waals surface area contributed by atoms with Crippen LogP contribution in [0.2, 0.25) is 0 Å². The number of anilines is 1. The third-order valence-corrected chi connectivity index (χ3v) is 2.89. The molecule has 1 aromatic rings. The summed E-state index contributed by atoms with van der Waals surface area (Å²) in [6.07, 6.45) is 6.09. The lowest BCUT2D eigenvalue weighted by Gasteiger charge is -2.38. The SMILES string of the molecule is NC(=O)c1nccnc1NCC1(N)CCC1. The van der Waals surface area contributed by atoms with Crippen LogP contribution >= 0.6 is 0 Å². The maximum Gasteiger partial charge on any atom is 0.271 e. The van der Waals surface area contributed by atoms with Crippen molar-refractivity contribution in [3.8, 4) is 0 Å². The minimum atomic E-state index is -0.588. The number of primary amides is 1. The molecule has 0 aliphatic heterocycles. The Bertz CT molecular complexity index is 402. The summed E-state index contributed by atoms with van der Waals surface area (Å²) in [5, 5.41) is 3.04. The molecule has 0 bridgehead atoms. The minimum absolute atomic E-state index is 0.158. The van der Waals surface area contributed by atoms with Crippen LogP contribution in [0.15, 0.2) is 12.4 Å².